The second-order valence-corrected chi connectivity index (χ2v) is 6.24. The summed E-state index contributed by atoms with van der Waals surface area (Å²) in [6, 6.07) is 13.7. The SMILES string of the molecule is O=C(CSc1ccc(F)c(Cl)c1)Nc1cccc2ncccc12. The van der Waals surface area contributed by atoms with E-state index in [9.17, 15) is 9.18 Å². The number of amides is 1. The van der Waals surface area contributed by atoms with Gasteiger partial charge in [0, 0.05) is 16.5 Å². The first kappa shape index (κ1) is 15.8. The van der Waals surface area contributed by atoms with Gasteiger partial charge in [0.2, 0.25) is 5.91 Å². The average molecular weight is 347 g/mol. The smallest absolute Gasteiger partial charge is 0.234 e. The molecule has 0 aliphatic rings. The first-order valence-electron chi connectivity index (χ1n) is 6.85. The zero-order valence-electron chi connectivity index (χ0n) is 11.9. The third-order valence-electron chi connectivity index (χ3n) is 3.18. The second-order valence-electron chi connectivity index (χ2n) is 4.79. The van der Waals surface area contributed by atoms with Crippen molar-refractivity contribution in [1.29, 1.82) is 0 Å². The number of aromatic nitrogens is 1. The molecule has 3 aromatic rings. The van der Waals surface area contributed by atoms with Gasteiger partial charge in [0.05, 0.1) is 22.0 Å². The number of benzene rings is 2. The Labute approximate surface area is 141 Å². The highest BCUT2D eigenvalue weighted by Gasteiger charge is 2.08. The van der Waals surface area contributed by atoms with Gasteiger partial charge in [-0.05, 0) is 42.5 Å². The third-order valence-corrected chi connectivity index (χ3v) is 4.46. The standard InChI is InChI=1S/C17H12ClFN2OS/c18-13-9-11(6-7-14(13)19)23-10-17(22)21-16-5-1-4-15-12(16)3-2-8-20-15/h1-9H,10H2,(H,21,22). The first-order valence-corrected chi connectivity index (χ1v) is 8.21. The topological polar surface area (TPSA) is 42.0 Å². The van der Waals surface area contributed by atoms with Crippen molar-refractivity contribution in [2.75, 3.05) is 11.1 Å². The highest BCUT2D eigenvalue weighted by Crippen LogP contribution is 2.25. The van der Waals surface area contributed by atoms with E-state index in [1.54, 1.807) is 12.3 Å². The Balaban J connectivity index is 1.68. The highest BCUT2D eigenvalue weighted by molar-refractivity contribution is 8.00. The summed E-state index contributed by atoms with van der Waals surface area (Å²) in [5.74, 6) is -0.408. The number of hydrogen-bond donors (Lipinski definition) is 1. The molecule has 2 aromatic carbocycles. The van der Waals surface area contributed by atoms with E-state index in [1.165, 1.54) is 23.9 Å². The summed E-state index contributed by atoms with van der Waals surface area (Å²) in [6.45, 7) is 0. The van der Waals surface area contributed by atoms with E-state index in [-0.39, 0.29) is 16.7 Å². The molecule has 0 aliphatic heterocycles. The number of carbonyl (C=O) groups is 1. The number of pyridine rings is 1. The van der Waals surface area contributed by atoms with E-state index in [0.717, 1.165) is 21.5 Å². The first-order chi connectivity index (χ1) is 11.1. The minimum absolute atomic E-state index is 0.0514. The maximum Gasteiger partial charge on any atom is 0.234 e. The van der Waals surface area contributed by atoms with E-state index < -0.39 is 5.82 Å². The Morgan fingerprint density at radius 2 is 2.09 bits per heavy atom. The van der Waals surface area contributed by atoms with Gasteiger partial charge in [-0.3, -0.25) is 9.78 Å². The summed E-state index contributed by atoms with van der Waals surface area (Å²) in [6.07, 6.45) is 1.71. The van der Waals surface area contributed by atoms with Gasteiger partial charge in [-0.25, -0.2) is 4.39 Å². The molecule has 1 N–H and O–H groups in total. The highest BCUT2D eigenvalue weighted by atomic mass is 35.5. The van der Waals surface area contributed by atoms with Crippen LogP contribution in [0.15, 0.2) is 59.6 Å². The van der Waals surface area contributed by atoms with Crippen LogP contribution in [-0.2, 0) is 4.79 Å². The summed E-state index contributed by atoms with van der Waals surface area (Å²) in [4.78, 5) is 17.1. The summed E-state index contributed by atoms with van der Waals surface area (Å²) in [7, 11) is 0. The van der Waals surface area contributed by atoms with Crippen molar-refractivity contribution in [3.63, 3.8) is 0 Å². The van der Waals surface area contributed by atoms with Gasteiger partial charge in [-0.2, -0.15) is 0 Å². The van der Waals surface area contributed by atoms with Crippen LogP contribution in [0.25, 0.3) is 10.9 Å². The molecule has 0 saturated heterocycles. The predicted molar refractivity (Wildman–Crippen MR) is 92.5 cm³/mol. The monoisotopic (exact) mass is 346 g/mol. The van der Waals surface area contributed by atoms with Gasteiger partial charge >= 0.3 is 0 Å². The lowest BCUT2D eigenvalue weighted by molar-refractivity contribution is -0.113. The molecule has 1 amide bonds. The van der Waals surface area contributed by atoms with Crippen molar-refractivity contribution in [3.8, 4) is 0 Å². The Bertz CT molecular complexity index is 867. The molecule has 0 saturated carbocycles. The van der Waals surface area contributed by atoms with Crippen molar-refractivity contribution in [3.05, 3.63) is 65.6 Å². The van der Waals surface area contributed by atoms with E-state index in [0.29, 0.717) is 0 Å². The molecule has 1 heterocycles. The summed E-state index contributed by atoms with van der Waals surface area (Å²) in [5, 5.41) is 3.81. The Morgan fingerprint density at radius 1 is 1.22 bits per heavy atom. The number of nitrogens with zero attached hydrogens (tertiary/aromatic N) is 1. The summed E-state index contributed by atoms with van der Waals surface area (Å²) < 4.78 is 13.1. The number of nitrogens with one attached hydrogen (secondary N) is 1. The van der Waals surface area contributed by atoms with Gasteiger partial charge in [0.25, 0.3) is 0 Å². The number of fused-ring (bicyclic) bond motifs is 1. The lowest BCUT2D eigenvalue weighted by atomic mass is 10.2. The second kappa shape index (κ2) is 6.98. The van der Waals surface area contributed by atoms with Crippen molar-refractivity contribution in [2.24, 2.45) is 0 Å². The third kappa shape index (κ3) is 3.81. The molecule has 0 aliphatic carbocycles. The van der Waals surface area contributed by atoms with E-state index in [2.05, 4.69) is 10.3 Å². The molecule has 0 unspecified atom stereocenters. The van der Waals surface area contributed by atoms with E-state index in [1.807, 2.05) is 30.3 Å². The van der Waals surface area contributed by atoms with Crippen molar-refractivity contribution in [2.45, 2.75) is 4.90 Å². The number of rotatable bonds is 4. The number of thioether (sulfide) groups is 1. The van der Waals surface area contributed by atoms with Crippen LogP contribution in [-0.4, -0.2) is 16.6 Å². The van der Waals surface area contributed by atoms with Crippen LogP contribution in [0.2, 0.25) is 5.02 Å². The Hall–Kier alpha value is -2.11. The molecule has 3 rings (SSSR count). The zero-order valence-corrected chi connectivity index (χ0v) is 13.5. The molecule has 0 fully saturated rings. The molecule has 1 aromatic heterocycles. The molecular formula is C17H12ClFN2OS. The van der Waals surface area contributed by atoms with Crippen LogP contribution < -0.4 is 5.32 Å². The lowest BCUT2D eigenvalue weighted by Gasteiger charge is -2.08. The maximum atomic E-state index is 13.1. The van der Waals surface area contributed by atoms with Crippen LogP contribution in [0.5, 0.6) is 0 Å². The summed E-state index contributed by atoms with van der Waals surface area (Å²) >= 11 is 7.03. The molecular weight excluding hydrogens is 335 g/mol. The number of carbonyl (C=O) groups excluding carboxylic acids is 1. The normalized spacial score (nSPS) is 10.7. The quantitative estimate of drug-likeness (QED) is 0.693. The number of halogens is 2. The van der Waals surface area contributed by atoms with Gasteiger partial charge in [-0.1, -0.05) is 17.7 Å². The van der Waals surface area contributed by atoms with Gasteiger partial charge in [0.1, 0.15) is 5.82 Å². The predicted octanol–water partition coefficient (Wildman–Crippen LogP) is 4.76. The van der Waals surface area contributed by atoms with E-state index in [4.69, 9.17) is 11.6 Å². The molecule has 0 spiro atoms. The van der Waals surface area contributed by atoms with Gasteiger partial charge in [-0.15, -0.1) is 11.8 Å². The molecule has 6 heteroatoms. The molecule has 0 atom stereocenters. The van der Waals surface area contributed by atoms with Crippen molar-refractivity contribution < 1.29 is 9.18 Å². The van der Waals surface area contributed by atoms with Crippen LogP contribution in [0.3, 0.4) is 0 Å². The average Bonchev–Trinajstić information content (AvgIpc) is 2.56. The number of anilines is 1. The minimum atomic E-state index is -0.469. The van der Waals surface area contributed by atoms with Crippen molar-refractivity contribution >= 4 is 45.9 Å². The van der Waals surface area contributed by atoms with Crippen LogP contribution in [0.1, 0.15) is 0 Å². The fourth-order valence-corrected chi connectivity index (χ4v) is 3.09. The van der Waals surface area contributed by atoms with Crippen LogP contribution >= 0.6 is 23.4 Å². The fourth-order valence-electron chi connectivity index (χ4n) is 2.11. The minimum Gasteiger partial charge on any atom is -0.325 e. The fraction of sp³-hybridized carbons (Fsp3) is 0.0588. The van der Waals surface area contributed by atoms with Crippen molar-refractivity contribution in [1.82, 2.24) is 4.98 Å². The van der Waals surface area contributed by atoms with E-state index >= 15 is 0 Å². The Kier molecular flexibility index (Phi) is 4.79. The Morgan fingerprint density at radius 3 is 2.91 bits per heavy atom. The molecule has 23 heavy (non-hydrogen) atoms. The molecule has 0 radical (unpaired) electrons. The zero-order chi connectivity index (χ0) is 16.2. The molecule has 0 bridgehead atoms. The van der Waals surface area contributed by atoms with Crippen LogP contribution in [0, 0.1) is 5.82 Å². The van der Waals surface area contributed by atoms with Crippen LogP contribution in [0.4, 0.5) is 10.1 Å². The maximum absolute atomic E-state index is 13.1. The number of hydrogen-bond acceptors (Lipinski definition) is 3. The molecule has 3 nitrogen and oxygen atoms in total. The largest absolute Gasteiger partial charge is 0.325 e. The van der Waals surface area contributed by atoms with Gasteiger partial charge in [0.15, 0.2) is 0 Å². The summed E-state index contributed by atoms with van der Waals surface area (Å²) in [5.41, 5.74) is 1.54. The lowest BCUT2D eigenvalue weighted by Crippen LogP contribution is -2.14. The van der Waals surface area contributed by atoms with Gasteiger partial charge < -0.3 is 5.32 Å². The molecule has 116 valence electrons.